The van der Waals surface area contributed by atoms with E-state index in [1.165, 1.54) is 74.7 Å². The number of hydrogen-bond donors (Lipinski definition) is 19. The number of benzene rings is 3. The van der Waals surface area contributed by atoms with E-state index in [9.17, 15) is 63.0 Å². The van der Waals surface area contributed by atoms with Gasteiger partial charge >= 0.3 is 0 Å². The van der Waals surface area contributed by atoms with Crippen LogP contribution in [0, 0.1) is 5.92 Å². The van der Waals surface area contributed by atoms with Gasteiger partial charge < -0.3 is 125 Å². The largest absolute Gasteiger partial charge is 0.508 e. The van der Waals surface area contributed by atoms with Gasteiger partial charge in [0.2, 0.25) is 106 Å². The Morgan fingerprint density at radius 3 is 1.68 bits per heavy atom. The van der Waals surface area contributed by atoms with Crippen LogP contribution >= 0.6 is 0 Å². The fourth-order valence-electron chi connectivity index (χ4n) is 16.6. The van der Waals surface area contributed by atoms with Crippen molar-refractivity contribution in [2.45, 2.75) is 235 Å². The monoisotopic (exact) mass is 1850 g/mol. The Balaban J connectivity index is 1.07. The average Bonchev–Trinajstić information content (AvgIpc) is 1.73. The summed E-state index contributed by atoms with van der Waals surface area (Å²) in [4.78, 5) is 279. The predicted molar refractivity (Wildman–Crippen MR) is 483 cm³/mol. The van der Waals surface area contributed by atoms with Crippen molar-refractivity contribution in [3.8, 4) is 5.75 Å². The molecule has 0 aliphatic carbocycles. The number of aromatic nitrogens is 4. The summed E-state index contributed by atoms with van der Waals surface area (Å²) < 4.78 is 0. The standard InChI is InChI=1S/C90H125N23O20/c1-9-11-22-69-83(126)105-63(34-49(3)4)81(124)103-61(79(122)98-44-75(93)118)31-32-94-45-76(119)101-66(35-51-25-27-55(114)28-26-51)86(129)109(6)50(5)78(121)108-68(40-74(92)117)89(132)112-33-17-24-70(112)84(127)107-65(38-54-43-95-48-100-54)82(125)104-62(29-30-73(91)116)88(131)113-47-56(115)39-72(113)85(128)106-64(36-52-41-96-59-20-15-13-18-57(52)59)80(123)99-46-77(120)102-67(37-53-42-97-60-21-16-14-19-58(53)60)87(130)111(8)71(23-12-10-2)90(133)110(69)7/h13-16,18-21,25-28,41-43,48-50,56,61-72,94,96-97,114-115H,9-12,17,22-24,29-40,44-47H2,1-8H3,(H2,91,116)(H2,92,117)(H2,93,118)(H,95,100)(H,98,122)(H,99,123)(H,101,119)(H,102,120)(H,103,124)(H,104,125)(H,105,126)(H,106,128)(H,107,127)(H,108,121)/t50-,56+,61-,62-,63-,64-,65-,66-,67-,68-,69-,70-,71-,72?/m0/s1. The summed E-state index contributed by atoms with van der Waals surface area (Å²) in [5, 5.41) is 52.2. The molecule has 3 saturated heterocycles. The van der Waals surface area contributed by atoms with Gasteiger partial charge in [0.05, 0.1) is 38.5 Å². The molecule has 43 nitrogen and oxygen atoms in total. The number of H-pyrrole nitrogens is 3. The highest BCUT2D eigenvalue weighted by atomic mass is 16.3. The van der Waals surface area contributed by atoms with Crippen molar-refractivity contribution >= 4 is 128 Å². The first-order valence-corrected chi connectivity index (χ1v) is 44.8. The van der Waals surface area contributed by atoms with E-state index >= 15 is 33.6 Å². The number of phenols is 1. The Bertz CT molecular complexity index is 5160. The number of aromatic amines is 3. The third-order valence-corrected chi connectivity index (χ3v) is 24.0. The zero-order valence-electron chi connectivity index (χ0n) is 76.0. The van der Waals surface area contributed by atoms with Gasteiger partial charge in [0.25, 0.3) is 0 Å². The van der Waals surface area contributed by atoms with Crippen LogP contribution in [0.25, 0.3) is 21.8 Å². The number of primary amides is 3. The summed E-state index contributed by atoms with van der Waals surface area (Å²) in [6, 6.07) is 0.122. The molecule has 43 heteroatoms. The van der Waals surface area contributed by atoms with Crippen LogP contribution in [-0.2, 0) is 112 Å². The Hall–Kier alpha value is -13.9. The lowest BCUT2D eigenvalue weighted by atomic mass is 9.99. The van der Waals surface area contributed by atoms with Crippen LogP contribution in [0.2, 0.25) is 0 Å². The fraction of sp³-hybridized carbons (Fsp3) is 0.522. The number of unbranched alkanes of at least 4 members (excludes halogenated alkanes) is 2. The van der Waals surface area contributed by atoms with E-state index < -0.39 is 243 Å². The normalized spacial score (nSPS) is 24.5. The molecule has 3 aliphatic rings. The van der Waals surface area contributed by atoms with Gasteiger partial charge in [-0.1, -0.05) is 102 Å². The molecule has 0 spiro atoms. The smallest absolute Gasteiger partial charge is 0.246 e. The molecular formula is C90H125N23O20. The molecule has 133 heavy (non-hydrogen) atoms. The topological polar surface area (TPSA) is 635 Å². The van der Waals surface area contributed by atoms with Crippen molar-refractivity contribution in [3.63, 3.8) is 0 Å². The minimum atomic E-state index is -1.79. The Morgan fingerprint density at radius 1 is 0.526 bits per heavy atom. The van der Waals surface area contributed by atoms with Gasteiger partial charge in [-0.05, 0) is 105 Å². The first kappa shape index (κ1) is 103. The van der Waals surface area contributed by atoms with E-state index in [4.69, 9.17) is 17.2 Å². The van der Waals surface area contributed by atoms with Crippen LogP contribution < -0.4 is 75.7 Å². The first-order valence-electron chi connectivity index (χ1n) is 44.8. The molecule has 6 aromatic rings. The summed E-state index contributed by atoms with van der Waals surface area (Å²) in [5.41, 5.74) is 19.9. The molecule has 3 fully saturated rings. The van der Waals surface area contributed by atoms with Crippen molar-refractivity contribution < 1.29 is 96.5 Å². The minimum absolute atomic E-state index is 0.0233. The van der Waals surface area contributed by atoms with Crippen LogP contribution in [0.4, 0.5) is 0 Å². The molecule has 3 aromatic carbocycles. The number of imidazole rings is 1. The third kappa shape index (κ3) is 28.8. The van der Waals surface area contributed by atoms with Gasteiger partial charge in [0.1, 0.15) is 84.3 Å². The number of amides is 18. The molecule has 9 rings (SSSR count). The van der Waals surface area contributed by atoms with Crippen LogP contribution in [-0.4, -0.2) is 306 Å². The van der Waals surface area contributed by atoms with Crippen molar-refractivity contribution in [2.75, 3.05) is 60.4 Å². The van der Waals surface area contributed by atoms with E-state index in [0.29, 0.717) is 64.2 Å². The van der Waals surface area contributed by atoms with Gasteiger partial charge in [0.15, 0.2) is 0 Å². The van der Waals surface area contributed by atoms with E-state index in [-0.39, 0.29) is 94.7 Å². The molecular weight excluding hydrogens is 1720 g/mol. The van der Waals surface area contributed by atoms with Crippen LogP contribution in [0.15, 0.2) is 97.7 Å². The molecule has 3 aliphatic heterocycles. The lowest BCUT2D eigenvalue weighted by Gasteiger charge is -2.36. The average molecular weight is 1850 g/mol. The number of carbonyl (C=O) groups excluding carboxylic acids is 18. The van der Waals surface area contributed by atoms with Crippen LogP contribution in [0.1, 0.15) is 147 Å². The van der Waals surface area contributed by atoms with Crippen molar-refractivity contribution in [1.29, 1.82) is 0 Å². The number of carbonyl (C=O) groups is 18. The number of para-hydroxylation sites is 2. The lowest BCUT2D eigenvalue weighted by Crippen LogP contribution is -2.60. The third-order valence-electron chi connectivity index (χ3n) is 24.0. The molecule has 18 amide bonds. The summed E-state index contributed by atoms with van der Waals surface area (Å²) >= 11 is 0. The summed E-state index contributed by atoms with van der Waals surface area (Å²) in [7, 11) is 4.00. The van der Waals surface area contributed by atoms with E-state index in [0.717, 1.165) is 14.7 Å². The number of phenolic OH excluding ortho intramolecular Hbond substituents is 1. The molecule has 0 bridgehead atoms. The number of aliphatic hydroxyl groups excluding tert-OH is 1. The van der Waals surface area contributed by atoms with E-state index in [2.05, 4.69) is 78.4 Å². The Labute approximate surface area is 768 Å². The second-order valence-electron chi connectivity index (χ2n) is 34.5. The lowest BCUT2D eigenvalue weighted by molar-refractivity contribution is -0.149. The summed E-state index contributed by atoms with van der Waals surface area (Å²) in [6.45, 7) is 5.61. The van der Waals surface area contributed by atoms with Crippen LogP contribution in [0.5, 0.6) is 5.75 Å². The van der Waals surface area contributed by atoms with Gasteiger partial charge in [-0.3, -0.25) is 86.3 Å². The van der Waals surface area contributed by atoms with Crippen LogP contribution in [0.3, 0.4) is 0 Å². The number of nitrogens with zero attached hydrogens (tertiary/aromatic N) is 6. The zero-order chi connectivity index (χ0) is 97.0. The highest BCUT2D eigenvalue weighted by Gasteiger charge is 2.46. The number of aliphatic hydroxyl groups is 1. The molecule has 0 saturated carbocycles. The molecule has 22 N–H and O–H groups in total. The number of aromatic hydroxyl groups is 1. The highest BCUT2D eigenvalue weighted by Crippen LogP contribution is 2.28. The molecule has 6 heterocycles. The van der Waals surface area contributed by atoms with Crippen molar-refractivity contribution in [3.05, 3.63) is 120 Å². The number of nitrogens with one attached hydrogen (secondary N) is 14. The van der Waals surface area contributed by atoms with Gasteiger partial charge in [-0.25, -0.2) is 4.98 Å². The zero-order valence-corrected chi connectivity index (χ0v) is 76.0. The number of hydrogen-bond acceptors (Lipinski definition) is 22. The summed E-state index contributed by atoms with van der Waals surface area (Å²) in [6.07, 6.45) is 2.84. The number of likely N-dealkylation sites (N-methyl/N-ethyl adjacent to an activating group) is 3. The second-order valence-corrected chi connectivity index (χ2v) is 34.5. The quantitative estimate of drug-likeness (QED) is 0.0286. The van der Waals surface area contributed by atoms with Crippen molar-refractivity contribution in [1.82, 2.24) is 103 Å². The van der Waals surface area contributed by atoms with Crippen molar-refractivity contribution in [2.24, 2.45) is 23.1 Å². The van der Waals surface area contributed by atoms with Gasteiger partial charge in [-0.15, -0.1) is 0 Å². The summed E-state index contributed by atoms with van der Waals surface area (Å²) in [5.74, 6) is -17.0. The van der Waals surface area contributed by atoms with E-state index in [1.807, 2.05) is 13.8 Å². The fourth-order valence-corrected chi connectivity index (χ4v) is 16.6. The first-order chi connectivity index (χ1) is 63.3. The predicted octanol–water partition coefficient (Wildman–Crippen LogP) is -3.04. The van der Waals surface area contributed by atoms with Gasteiger partial charge in [-0.2, -0.15) is 0 Å². The number of rotatable bonds is 24. The molecule has 720 valence electrons. The molecule has 3 aromatic heterocycles. The second kappa shape index (κ2) is 48.9. The molecule has 14 atom stereocenters. The maximum Gasteiger partial charge on any atom is 0.246 e. The minimum Gasteiger partial charge on any atom is -0.508 e. The molecule has 1 unspecified atom stereocenters. The highest BCUT2D eigenvalue weighted by molar-refractivity contribution is 6.02. The number of fused-ring (bicyclic) bond motifs is 4. The van der Waals surface area contributed by atoms with E-state index in [1.54, 1.807) is 74.8 Å². The Morgan fingerprint density at radius 2 is 1.08 bits per heavy atom. The Kier molecular flexibility index (Phi) is 37.8. The SMILES string of the molecule is CCCC[C@H]1C(=O)N(C)[C@@H](CCCC)C(=O)N[C@@H](CC(C)C)C(=O)N[C@H](C(=O)NCC(N)=O)CCNCC(=O)N[C@@H](Cc2ccc(O)cc2)C(=O)N(C)[C@@H](C)C(=O)N[C@@H](CC(N)=O)C(=O)N2CCC[C@H]2C(=O)N[C@@H](Cc2cnc[nH]2)C(=O)N[C@@H](CCC(N)=O)C(=O)N2C[C@H](O)CC2C(=O)N[C@@H](Cc2c[nH]c3ccccc23)C(=O)NCC(=O)N[C@@H](Cc2c[nH]c3ccccc23)C(=O)N1C. The maximum atomic E-state index is 15.6. The number of nitrogens with two attached hydrogens (primary N) is 3. The van der Waals surface area contributed by atoms with Gasteiger partial charge in [0, 0.05) is 119 Å². The molecule has 0 radical (unpaired) electrons. The maximum absolute atomic E-state index is 15.6.